The number of rotatable bonds is 5. The fraction of sp³-hybridized carbons (Fsp3) is 0.188. The van der Waals surface area contributed by atoms with Crippen LogP contribution in [0.5, 0.6) is 5.75 Å². The number of carbonyl (C=O) groups excluding carboxylic acids is 1. The summed E-state index contributed by atoms with van der Waals surface area (Å²) >= 11 is 0. The second kappa shape index (κ2) is 6.05. The lowest BCUT2D eigenvalue weighted by atomic mass is 10.1. The van der Waals surface area contributed by atoms with Crippen molar-refractivity contribution in [3.63, 3.8) is 0 Å². The van der Waals surface area contributed by atoms with Gasteiger partial charge in [0.2, 0.25) is 0 Å². The van der Waals surface area contributed by atoms with Gasteiger partial charge in [-0.05, 0) is 24.3 Å². The van der Waals surface area contributed by atoms with Crippen LogP contribution in [0.3, 0.4) is 0 Å². The van der Waals surface area contributed by atoms with Crippen molar-refractivity contribution in [3.05, 3.63) is 60.2 Å². The maximum Gasteiger partial charge on any atom is 0.168 e. The summed E-state index contributed by atoms with van der Waals surface area (Å²) in [5.74, 6) is 0.00995. The Bertz CT molecular complexity index is 552. The quantitative estimate of drug-likeness (QED) is 0.835. The number of anilines is 1. The molecule has 3 nitrogen and oxygen atoms in total. The molecule has 1 N–H and O–H groups in total. The van der Waals surface area contributed by atoms with Crippen molar-refractivity contribution in [2.75, 3.05) is 18.5 Å². The Labute approximate surface area is 113 Å². The number of ketones is 1. The summed E-state index contributed by atoms with van der Waals surface area (Å²) in [5.41, 5.74) is 1.47. The first kappa shape index (κ1) is 13.1. The molecule has 0 aliphatic rings. The highest BCUT2D eigenvalue weighted by Gasteiger charge is 2.11. The number of benzene rings is 2. The Morgan fingerprint density at radius 1 is 1.05 bits per heavy atom. The topological polar surface area (TPSA) is 40.5 Å². The molecule has 0 saturated carbocycles. The molecule has 2 rings (SSSR count). The van der Waals surface area contributed by atoms with Gasteiger partial charge in [-0.25, -0.2) is 0 Å². The predicted molar refractivity (Wildman–Crippen MR) is 76.8 cm³/mol. The van der Waals surface area contributed by atoms with Crippen molar-refractivity contribution in [2.24, 2.45) is 0 Å². The molecule has 0 fully saturated rings. The highest BCUT2D eigenvalue weighted by molar-refractivity contribution is 5.98. The Hall–Kier alpha value is -2.29. The minimum absolute atomic E-state index is 0.0409. The fourth-order valence-electron chi connectivity index (χ4n) is 1.92. The summed E-state index contributed by atoms with van der Waals surface area (Å²) in [4.78, 5) is 14.0. The van der Waals surface area contributed by atoms with E-state index in [9.17, 15) is 9.90 Å². The second-order valence-electron chi connectivity index (χ2n) is 4.45. The summed E-state index contributed by atoms with van der Waals surface area (Å²) < 4.78 is 0. The number of carbonyl (C=O) groups is 1. The number of phenols is 1. The third-order valence-electron chi connectivity index (χ3n) is 3.08. The summed E-state index contributed by atoms with van der Waals surface area (Å²) in [6.07, 6.45) is 0.378. The lowest BCUT2D eigenvalue weighted by Crippen LogP contribution is -2.21. The molecule has 0 aliphatic carbocycles. The van der Waals surface area contributed by atoms with Gasteiger partial charge in [0.1, 0.15) is 5.75 Å². The van der Waals surface area contributed by atoms with E-state index in [1.54, 1.807) is 18.2 Å². The predicted octanol–water partition coefficient (Wildman–Crippen LogP) is 3.10. The van der Waals surface area contributed by atoms with Crippen LogP contribution in [0.1, 0.15) is 16.8 Å². The Balaban J connectivity index is 1.96. The van der Waals surface area contributed by atoms with E-state index in [1.807, 2.05) is 42.3 Å². The molecular weight excluding hydrogens is 238 g/mol. The van der Waals surface area contributed by atoms with Gasteiger partial charge < -0.3 is 10.0 Å². The van der Waals surface area contributed by atoms with Gasteiger partial charge in [0.05, 0.1) is 5.56 Å². The first-order valence-corrected chi connectivity index (χ1v) is 6.26. The highest BCUT2D eigenvalue weighted by atomic mass is 16.3. The molecule has 0 unspecified atom stereocenters. The monoisotopic (exact) mass is 255 g/mol. The minimum atomic E-state index is -0.0409. The molecule has 2 aromatic carbocycles. The van der Waals surface area contributed by atoms with Crippen molar-refractivity contribution in [3.8, 4) is 5.75 Å². The van der Waals surface area contributed by atoms with Gasteiger partial charge in [-0.2, -0.15) is 0 Å². The van der Waals surface area contributed by atoms with E-state index < -0.39 is 0 Å². The minimum Gasteiger partial charge on any atom is -0.507 e. The van der Waals surface area contributed by atoms with E-state index >= 15 is 0 Å². The first-order valence-electron chi connectivity index (χ1n) is 6.26. The van der Waals surface area contributed by atoms with E-state index in [0.29, 0.717) is 18.5 Å². The number of Topliss-reactive ketones (excluding diaryl/α,β-unsaturated/α-hetero) is 1. The molecule has 0 spiro atoms. The Kier molecular flexibility index (Phi) is 4.18. The van der Waals surface area contributed by atoms with Gasteiger partial charge in [0, 0.05) is 25.7 Å². The van der Waals surface area contributed by atoms with Crippen LogP contribution in [0.15, 0.2) is 54.6 Å². The molecule has 0 saturated heterocycles. The van der Waals surface area contributed by atoms with E-state index in [0.717, 1.165) is 5.69 Å². The van der Waals surface area contributed by atoms with Gasteiger partial charge in [-0.15, -0.1) is 0 Å². The molecule has 2 aromatic rings. The normalized spacial score (nSPS) is 10.2. The summed E-state index contributed by atoms with van der Waals surface area (Å²) in [6, 6.07) is 16.6. The Morgan fingerprint density at radius 3 is 2.37 bits per heavy atom. The number of para-hydroxylation sites is 2. The molecule has 0 bridgehead atoms. The van der Waals surface area contributed by atoms with Gasteiger partial charge in [-0.3, -0.25) is 4.79 Å². The van der Waals surface area contributed by atoms with Gasteiger partial charge in [-0.1, -0.05) is 30.3 Å². The number of nitrogens with zero attached hydrogens (tertiary/aromatic N) is 1. The molecule has 19 heavy (non-hydrogen) atoms. The highest BCUT2D eigenvalue weighted by Crippen LogP contribution is 2.18. The largest absolute Gasteiger partial charge is 0.507 e. The van der Waals surface area contributed by atoms with E-state index in [-0.39, 0.29) is 11.5 Å². The smallest absolute Gasteiger partial charge is 0.168 e. The van der Waals surface area contributed by atoms with Crippen molar-refractivity contribution < 1.29 is 9.90 Å². The zero-order valence-electron chi connectivity index (χ0n) is 10.9. The SMILES string of the molecule is CN(CCC(=O)c1ccccc1O)c1ccccc1. The third kappa shape index (κ3) is 3.35. The molecule has 0 radical (unpaired) electrons. The van der Waals surface area contributed by atoms with Crippen molar-refractivity contribution >= 4 is 11.5 Å². The van der Waals surface area contributed by atoms with Crippen LogP contribution in [0.4, 0.5) is 5.69 Å². The zero-order valence-corrected chi connectivity index (χ0v) is 10.9. The molecule has 0 heterocycles. The average Bonchev–Trinajstić information content (AvgIpc) is 2.46. The number of phenolic OH excluding ortho intramolecular Hbond substituents is 1. The first-order chi connectivity index (χ1) is 9.18. The summed E-state index contributed by atoms with van der Waals surface area (Å²) in [5, 5.41) is 9.63. The van der Waals surface area contributed by atoms with Crippen LogP contribution in [0, 0.1) is 0 Å². The molecular formula is C16H17NO2. The number of hydrogen-bond acceptors (Lipinski definition) is 3. The molecule has 0 aliphatic heterocycles. The van der Waals surface area contributed by atoms with E-state index in [4.69, 9.17) is 0 Å². The molecule has 3 heteroatoms. The molecule has 98 valence electrons. The van der Waals surface area contributed by atoms with Crippen LogP contribution in [0.25, 0.3) is 0 Å². The van der Waals surface area contributed by atoms with Crippen molar-refractivity contribution in [2.45, 2.75) is 6.42 Å². The van der Waals surface area contributed by atoms with Gasteiger partial charge >= 0.3 is 0 Å². The maximum absolute atomic E-state index is 12.0. The maximum atomic E-state index is 12.0. The van der Waals surface area contributed by atoms with Crippen LogP contribution >= 0.6 is 0 Å². The van der Waals surface area contributed by atoms with Crippen LogP contribution < -0.4 is 4.90 Å². The third-order valence-corrected chi connectivity index (χ3v) is 3.08. The molecule has 0 aromatic heterocycles. The zero-order chi connectivity index (χ0) is 13.7. The van der Waals surface area contributed by atoms with Crippen LogP contribution in [-0.4, -0.2) is 24.5 Å². The summed E-state index contributed by atoms with van der Waals surface area (Å²) in [7, 11) is 1.95. The van der Waals surface area contributed by atoms with E-state index in [1.165, 1.54) is 6.07 Å². The average molecular weight is 255 g/mol. The van der Waals surface area contributed by atoms with Crippen LogP contribution in [0.2, 0.25) is 0 Å². The van der Waals surface area contributed by atoms with Crippen molar-refractivity contribution in [1.82, 2.24) is 0 Å². The fourth-order valence-corrected chi connectivity index (χ4v) is 1.92. The molecule has 0 atom stereocenters. The standard InChI is InChI=1S/C16H17NO2/c1-17(13-7-3-2-4-8-13)12-11-16(19)14-9-5-6-10-15(14)18/h2-10,18H,11-12H2,1H3. The van der Waals surface area contributed by atoms with Gasteiger partial charge in [0.25, 0.3) is 0 Å². The van der Waals surface area contributed by atoms with Crippen molar-refractivity contribution in [1.29, 1.82) is 0 Å². The van der Waals surface area contributed by atoms with Gasteiger partial charge in [0.15, 0.2) is 5.78 Å². The second-order valence-corrected chi connectivity index (χ2v) is 4.45. The lowest BCUT2D eigenvalue weighted by Gasteiger charge is -2.18. The number of aromatic hydroxyl groups is 1. The Morgan fingerprint density at radius 2 is 1.68 bits per heavy atom. The lowest BCUT2D eigenvalue weighted by molar-refractivity contribution is 0.0982. The number of hydrogen-bond donors (Lipinski definition) is 1. The van der Waals surface area contributed by atoms with Crippen LogP contribution in [-0.2, 0) is 0 Å². The van der Waals surface area contributed by atoms with E-state index in [2.05, 4.69) is 0 Å². The summed E-state index contributed by atoms with van der Waals surface area (Å²) in [6.45, 7) is 0.622. The molecule has 0 amide bonds.